The Labute approximate surface area is 105 Å². The maximum Gasteiger partial charge on any atom is 0.329 e. The van der Waals surface area contributed by atoms with Crippen LogP contribution in [0.3, 0.4) is 0 Å². The second kappa shape index (κ2) is 5.23. The Morgan fingerprint density at radius 3 is 2.25 bits per heavy atom. The number of hydrogen-bond acceptors (Lipinski definition) is 2. The van der Waals surface area contributed by atoms with Crippen molar-refractivity contribution in [2.75, 3.05) is 13.6 Å². The van der Waals surface area contributed by atoms with E-state index < -0.39 is 16.4 Å². The fourth-order valence-electron chi connectivity index (χ4n) is 1.64. The fraction of sp³-hybridized carbons (Fsp3) is 0.800. The molecule has 6 heteroatoms. The lowest BCUT2D eigenvalue weighted by Gasteiger charge is -2.23. The number of imide groups is 1. The minimum Gasteiger partial charge on any atom is -0.284 e. The van der Waals surface area contributed by atoms with Crippen molar-refractivity contribution in [3.05, 3.63) is 0 Å². The third-order valence-electron chi connectivity index (χ3n) is 2.65. The Morgan fingerprint density at radius 1 is 1.19 bits per heavy atom. The van der Waals surface area contributed by atoms with Crippen LogP contribution in [-0.4, -0.2) is 39.8 Å². The number of halogens is 2. The van der Waals surface area contributed by atoms with Gasteiger partial charge in [0.25, 0.3) is 10.4 Å². The Morgan fingerprint density at radius 2 is 1.81 bits per heavy atom. The van der Waals surface area contributed by atoms with Gasteiger partial charge in [0, 0.05) is 13.6 Å². The van der Waals surface area contributed by atoms with Crippen LogP contribution < -0.4 is 0 Å². The summed E-state index contributed by atoms with van der Waals surface area (Å²) in [7, 11) is 1.39. The summed E-state index contributed by atoms with van der Waals surface area (Å²) in [6.45, 7) is 2.52. The van der Waals surface area contributed by atoms with Crippen molar-refractivity contribution in [2.45, 2.75) is 37.1 Å². The summed E-state index contributed by atoms with van der Waals surface area (Å²) in [4.78, 5) is 25.4. The summed E-state index contributed by atoms with van der Waals surface area (Å²) in [5.41, 5.74) is 0. The molecule has 1 rings (SSSR count). The number of carbonyl (C=O) groups excluding carboxylic acids is 2. The molecule has 0 unspecified atom stereocenters. The van der Waals surface area contributed by atoms with Gasteiger partial charge in [0.2, 0.25) is 0 Å². The van der Waals surface area contributed by atoms with Crippen molar-refractivity contribution in [2.24, 2.45) is 0 Å². The smallest absolute Gasteiger partial charge is 0.284 e. The molecule has 1 fully saturated rings. The van der Waals surface area contributed by atoms with Crippen molar-refractivity contribution in [3.63, 3.8) is 0 Å². The molecule has 0 aromatic carbocycles. The van der Waals surface area contributed by atoms with E-state index >= 15 is 0 Å². The average molecular weight is 267 g/mol. The zero-order chi connectivity index (χ0) is 12.3. The number of urea groups is 1. The van der Waals surface area contributed by atoms with Gasteiger partial charge in [-0.1, -0.05) is 49.4 Å². The number of nitrogens with zero attached hydrogens (tertiary/aromatic N) is 2. The predicted molar refractivity (Wildman–Crippen MR) is 63.5 cm³/mol. The summed E-state index contributed by atoms with van der Waals surface area (Å²) >= 11 is 11.7. The molecule has 0 aromatic rings. The molecule has 1 aliphatic rings. The van der Waals surface area contributed by atoms with Crippen LogP contribution in [0.2, 0.25) is 0 Å². The maximum absolute atomic E-state index is 11.7. The van der Waals surface area contributed by atoms with Crippen molar-refractivity contribution in [1.82, 2.24) is 9.80 Å². The van der Waals surface area contributed by atoms with Gasteiger partial charge in [0.05, 0.1) is 0 Å². The van der Waals surface area contributed by atoms with Gasteiger partial charge in [-0.3, -0.25) is 14.6 Å². The van der Waals surface area contributed by atoms with Crippen LogP contribution in [0.5, 0.6) is 0 Å². The highest BCUT2D eigenvalue weighted by Crippen LogP contribution is 2.35. The normalized spacial score (nSPS) is 19.8. The molecule has 0 radical (unpaired) electrons. The van der Waals surface area contributed by atoms with Crippen molar-refractivity contribution in [3.8, 4) is 0 Å². The molecule has 1 aliphatic heterocycles. The van der Waals surface area contributed by atoms with Gasteiger partial charge in [-0.15, -0.1) is 0 Å². The lowest BCUT2D eigenvalue weighted by molar-refractivity contribution is -0.126. The molecule has 0 saturated carbocycles. The number of amides is 3. The Balaban J connectivity index is 2.58. The quantitative estimate of drug-likeness (QED) is 0.332. The second-order valence-corrected chi connectivity index (χ2v) is 5.19. The first-order chi connectivity index (χ1) is 7.42. The van der Waals surface area contributed by atoms with Crippen LogP contribution >= 0.6 is 23.2 Å². The van der Waals surface area contributed by atoms with E-state index in [0.29, 0.717) is 6.54 Å². The van der Waals surface area contributed by atoms with Crippen molar-refractivity contribution >= 4 is 35.1 Å². The first-order valence-corrected chi connectivity index (χ1v) is 6.16. The number of carbonyl (C=O) groups is 2. The van der Waals surface area contributed by atoms with Gasteiger partial charge in [0.1, 0.15) is 0 Å². The molecule has 4 nitrogen and oxygen atoms in total. The molecule has 0 atom stereocenters. The van der Waals surface area contributed by atoms with E-state index in [4.69, 9.17) is 23.2 Å². The van der Waals surface area contributed by atoms with E-state index in [-0.39, 0.29) is 0 Å². The summed E-state index contributed by atoms with van der Waals surface area (Å²) < 4.78 is -1.72. The number of unbranched alkanes of at least 4 members (excludes halogenated alkanes) is 3. The SMILES string of the molecule is CCCCCCN1C(=O)N(C)C(=O)C1(Cl)Cl. The third kappa shape index (κ3) is 2.43. The molecular weight excluding hydrogens is 251 g/mol. The Bertz CT molecular complexity index is 295. The van der Waals surface area contributed by atoms with Crippen LogP contribution in [0.4, 0.5) is 4.79 Å². The monoisotopic (exact) mass is 266 g/mol. The van der Waals surface area contributed by atoms with E-state index in [9.17, 15) is 9.59 Å². The van der Waals surface area contributed by atoms with Gasteiger partial charge < -0.3 is 0 Å². The maximum atomic E-state index is 11.7. The molecule has 0 N–H and O–H groups in total. The highest BCUT2D eigenvalue weighted by atomic mass is 35.5. The van der Waals surface area contributed by atoms with Crippen LogP contribution in [0.25, 0.3) is 0 Å². The first kappa shape index (κ1) is 13.6. The molecule has 0 bridgehead atoms. The summed E-state index contributed by atoms with van der Waals surface area (Å²) in [5.74, 6) is -0.573. The number of hydrogen-bond donors (Lipinski definition) is 0. The number of likely N-dealkylation sites (N-methyl/N-ethyl adjacent to an activating group) is 1. The van der Waals surface area contributed by atoms with E-state index in [1.54, 1.807) is 0 Å². The molecule has 92 valence electrons. The van der Waals surface area contributed by atoms with Crippen LogP contribution in [0, 0.1) is 0 Å². The zero-order valence-corrected chi connectivity index (χ0v) is 11.0. The minimum absolute atomic E-state index is 0.419. The second-order valence-electron chi connectivity index (χ2n) is 3.90. The number of rotatable bonds is 5. The van der Waals surface area contributed by atoms with E-state index in [0.717, 1.165) is 30.6 Å². The topological polar surface area (TPSA) is 40.6 Å². The molecule has 0 spiro atoms. The molecule has 0 aromatic heterocycles. The van der Waals surface area contributed by atoms with Gasteiger partial charge in [-0.2, -0.15) is 0 Å². The zero-order valence-electron chi connectivity index (χ0n) is 9.50. The van der Waals surface area contributed by atoms with Gasteiger partial charge in [-0.05, 0) is 6.42 Å². The highest BCUT2D eigenvalue weighted by molar-refractivity contribution is 6.60. The van der Waals surface area contributed by atoms with Crippen molar-refractivity contribution < 1.29 is 9.59 Å². The van der Waals surface area contributed by atoms with Gasteiger partial charge >= 0.3 is 6.03 Å². The largest absolute Gasteiger partial charge is 0.329 e. The summed E-state index contributed by atoms with van der Waals surface area (Å²) in [6.07, 6.45) is 4.02. The Hall–Kier alpha value is -0.480. The van der Waals surface area contributed by atoms with Gasteiger partial charge in [0.15, 0.2) is 0 Å². The molecule has 1 saturated heterocycles. The van der Waals surface area contributed by atoms with Crippen LogP contribution in [-0.2, 0) is 4.79 Å². The third-order valence-corrected chi connectivity index (χ3v) is 3.39. The van der Waals surface area contributed by atoms with Gasteiger partial charge in [-0.25, -0.2) is 4.79 Å². The van der Waals surface area contributed by atoms with E-state index in [2.05, 4.69) is 6.92 Å². The molecule has 16 heavy (non-hydrogen) atoms. The lowest BCUT2D eigenvalue weighted by atomic mass is 10.2. The average Bonchev–Trinajstić information content (AvgIpc) is 2.38. The Kier molecular flexibility index (Phi) is 4.44. The molecule has 3 amide bonds. The van der Waals surface area contributed by atoms with Crippen LogP contribution in [0.1, 0.15) is 32.6 Å². The highest BCUT2D eigenvalue weighted by Gasteiger charge is 2.53. The fourth-order valence-corrected chi connectivity index (χ4v) is 2.21. The van der Waals surface area contributed by atoms with E-state index in [1.165, 1.54) is 11.9 Å². The molecule has 1 heterocycles. The van der Waals surface area contributed by atoms with Crippen molar-refractivity contribution in [1.29, 1.82) is 0 Å². The predicted octanol–water partition coefficient (Wildman–Crippen LogP) is 2.59. The lowest BCUT2D eigenvalue weighted by Crippen LogP contribution is -2.40. The van der Waals surface area contributed by atoms with E-state index in [1.807, 2.05) is 0 Å². The minimum atomic E-state index is -1.72. The summed E-state index contributed by atoms with van der Waals surface area (Å²) in [6, 6.07) is -0.425. The number of alkyl halides is 2. The first-order valence-electron chi connectivity index (χ1n) is 5.40. The molecule has 0 aliphatic carbocycles. The molecular formula is C10H16Cl2N2O2. The standard InChI is InChI=1S/C10H16Cl2N2O2/c1-3-4-5-6-7-14-9(16)13(2)8(15)10(14,11)12/h3-7H2,1-2H3. The summed E-state index contributed by atoms with van der Waals surface area (Å²) in [5, 5.41) is 0. The van der Waals surface area contributed by atoms with Crippen LogP contribution in [0.15, 0.2) is 0 Å².